The topological polar surface area (TPSA) is 82.9 Å². The van der Waals surface area contributed by atoms with Crippen LogP contribution in [0.3, 0.4) is 0 Å². The summed E-state index contributed by atoms with van der Waals surface area (Å²) in [6, 6.07) is 0. The van der Waals surface area contributed by atoms with Crippen LogP contribution in [0.5, 0.6) is 0 Å². The van der Waals surface area contributed by atoms with E-state index in [4.69, 9.17) is 23.2 Å². The lowest BCUT2D eigenvalue weighted by Gasteiger charge is -2.12. The second kappa shape index (κ2) is 11.1. The minimum atomic E-state index is -0.328. The summed E-state index contributed by atoms with van der Waals surface area (Å²) in [6.45, 7) is 0. The highest BCUT2D eigenvalue weighted by Crippen LogP contribution is 2.26. The zero-order valence-corrected chi connectivity index (χ0v) is 16.2. The number of halogens is 2. The molecule has 0 heterocycles. The van der Waals surface area contributed by atoms with Gasteiger partial charge in [-0.2, -0.15) is 10.2 Å². The van der Waals surface area contributed by atoms with Crippen LogP contribution in [0, 0.1) is 0 Å². The van der Waals surface area contributed by atoms with E-state index in [0.29, 0.717) is 0 Å². The number of hydrazone groups is 2. The van der Waals surface area contributed by atoms with Gasteiger partial charge in [0.1, 0.15) is 0 Å². The van der Waals surface area contributed by atoms with E-state index in [1.54, 1.807) is 12.4 Å². The SMILES string of the molecule is O=C(CCC(=O)N/N=C/C1=C(Cl)CCCC1)N/N=C/C1=C(Cl)CCCC1. The van der Waals surface area contributed by atoms with Crippen molar-refractivity contribution >= 4 is 47.4 Å². The van der Waals surface area contributed by atoms with Gasteiger partial charge in [-0.05, 0) is 62.5 Å². The number of hydrogen-bond acceptors (Lipinski definition) is 4. The Morgan fingerprint density at radius 3 is 1.54 bits per heavy atom. The molecule has 0 fully saturated rings. The Bertz CT molecular complexity index is 598. The number of nitrogens with zero attached hydrogens (tertiary/aromatic N) is 2. The van der Waals surface area contributed by atoms with Crippen LogP contribution in [0.2, 0.25) is 0 Å². The molecule has 142 valence electrons. The Morgan fingerprint density at radius 2 is 1.15 bits per heavy atom. The standard InChI is InChI=1S/C18H24Cl2N4O2/c19-15-7-3-1-5-13(15)11-21-23-17(25)9-10-18(26)24-22-12-14-6-2-4-8-16(14)20/h11-12H,1-10H2,(H,23,25)(H,24,26)/b21-11+,22-12+. The van der Waals surface area contributed by atoms with Crippen LogP contribution < -0.4 is 10.9 Å². The third-order valence-corrected chi connectivity index (χ3v) is 5.14. The monoisotopic (exact) mass is 398 g/mol. The van der Waals surface area contributed by atoms with E-state index in [1.165, 1.54) is 0 Å². The molecule has 0 spiro atoms. The second-order valence-electron chi connectivity index (χ2n) is 6.36. The number of carbonyl (C=O) groups excluding carboxylic acids is 2. The average molecular weight is 399 g/mol. The summed E-state index contributed by atoms with van der Waals surface area (Å²) in [5.41, 5.74) is 6.75. The van der Waals surface area contributed by atoms with Crippen molar-refractivity contribution in [3.05, 3.63) is 21.2 Å². The average Bonchev–Trinajstić information content (AvgIpc) is 2.63. The molecule has 0 unspecified atom stereocenters. The molecule has 0 bridgehead atoms. The van der Waals surface area contributed by atoms with Gasteiger partial charge < -0.3 is 0 Å². The van der Waals surface area contributed by atoms with Gasteiger partial charge in [0.2, 0.25) is 11.8 Å². The van der Waals surface area contributed by atoms with Crippen LogP contribution >= 0.6 is 23.2 Å². The van der Waals surface area contributed by atoms with Gasteiger partial charge in [-0.3, -0.25) is 9.59 Å². The molecule has 0 aromatic rings. The molecule has 26 heavy (non-hydrogen) atoms. The number of rotatable bonds is 7. The van der Waals surface area contributed by atoms with Gasteiger partial charge in [0.25, 0.3) is 0 Å². The van der Waals surface area contributed by atoms with Crippen molar-refractivity contribution < 1.29 is 9.59 Å². The predicted octanol–water partition coefficient (Wildman–Crippen LogP) is 4.10. The number of hydrogen-bond donors (Lipinski definition) is 2. The van der Waals surface area contributed by atoms with Crippen molar-refractivity contribution in [3.8, 4) is 0 Å². The van der Waals surface area contributed by atoms with E-state index in [1.807, 2.05) is 0 Å². The fourth-order valence-corrected chi connectivity index (χ4v) is 3.31. The maximum atomic E-state index is 11.7. The van der Waals surface area contributed by atoms with E-state index < -0.39 is 0 Å². The third kappa shape index (κ3) is 7.30. The number of nitrogens with one attached hydrogen (secondary N) is 2. The lowest BCUT2D eigenvalue weighted by atomic mass is 10.0. The first-order valence-electron chi connectivity index (χ1n) is 8.95. The van der Waals surface area contributed by atoms with Crippen LogP contribution in [0.15, 0.2) is 31.4 Å². The Labute approximate surface area is 163 Å². The van der Waals surface area contributed by atoms with Crippen molar-refractivity contribution in [3.63, 3.8) is 0 Å². The first-order valence-corrected chi connectivity index (χ1v) is 9.70. The second-order valence-corrected chi connectivity index (χ2v) is 7.27. The smallest absolute Gasteiger partial charge is 0.240 e. The fraction of sp³-hybridized carbons (Fsp3) is 0.556. The Kier molecular flexibility index (Phi) is 8.85. The summed E-state index contributed by atoms with van der Waals surface area (Å²) >= 11 is 12.2. The number of amides is 2. The van der Waals surface area contributed by atoms with Gasteiger partial charge in [0.05, 0.1) is 12.4 Å². The Morgan fingerprint density at radius 1 is 0.769 bits per heavy atom. The molecule has 2 aliphatic rings. The highest BCUT2D eigenvalue weighted by atomic mass is 35.5. The highest BCUT2D eigenvalue weighted by Gasteiger charge is 2.10. The highest BCUT2D eigenvalue weighted by molar-refractivity contribution is 6.31. The molecule has 2 aliphatic carbocycles. The predicted molar refractivity (Wildman–Crippen MR) is 105 cm³/mol. The Balaban J connectivity index is 1.66. The molecular weight excluding hydrogens is 375 g/mol. The quantitative estimate of drug-likeness (QED) is 0.499. The normalized spacial score (nSPS) is 18.7. The first kappa shape index (κ1) is 20.6. The molecule has 0 atom stereocenters. The summed E-state index contributed by atoms with van der Waals surface area (Å²) in [5, 5.41) is 9.42. The van der Waals surface area contributed by atoms with Gasteiger partial charge in [0.15, 0.2) is 0 Å². The van der Waals surface area contributed by atoms with Crippen molar-refractivity contribution in [1.29, 1.82) is 0 Å². The minimum Gasteiger partial charge on any atom is -0.273 e. The van der Waals surface area contributed by atoms with Crippen LogP contribution in [-0.2, 0) is 9.59 Å². The molecule has 2 rings (SSSR count). The van der Waals surface area contributed by atoms with Gasteiger partial charge >= 0.3 is 0 Å². The maximum absolute atomic E-state index is 11.7. The molecular formula is C18H24Cl2N4O2. The lowest BCUT2D eigenvalue weighted by Crippen LogP contribution is -2.23. The van der Waals surface area contributed by atoms with E-state index in [-0.39, 0.29) is 24.7 Å². The summed E-state index contributed by atoms with van der Waals surface area (Å²) in [5.74, 6) is -0.656. The Hall–Kier alpha value is -1.66. The van der Waals surface area contributed by atoms with Crippen molar-refractivity contribution in [2.24, 2.45) is 10.2 Å². The third-order valence-electron chi connectivity index (χ3n) is 4.28. The maximum Gasteiger partial charge on any atom is 0.240 e. The largest absolute Gasteiger partial charge is 0.273 e. The van der Waals surface area contributed by atoms with Crippen LogP contribution in [0.4, 0.5) is 0 Å². The van der Waals surface area contributed by atoms with E-state index >= 15 is 0 Å². The number of carbonyl (C=O) groups is 2. The molecule has 0 saturated carbocycles. The summed E-state index contributed by atoms with van der Waals surface area (Å²) in [6.07, 6.45) is 11.0. The molecule has 0 radical (unpaired) electrons. The number of allylic oxidation sites excluding steroid dienone is 4. The summed E-state index contributed by atoms with van der Waals surface area (Å²) in [4.78, 5) is 23.4. The first-order chi connectivity index (χ1) is 12.6. The van der Waals surface area contributed by atoms with Gasteiger partial charge in [-0.1, -0.05) is 23.2 Å². The summed E-state index contributed by atoms with van der Waals surface area (Å²) in [7, 11) is 0. The molecule has 0 aromatic heterocycles. The fourth-order valence-electron chi connectivity index (χ4n) is 2.76. The molecule has 8 heteroatoms. The molecule has 6 nitrogen and oxygen atoms in total. The van der Waals surface area contributed by atoms with Crippen molar-refractivity contribution in [2.75, 3.05) is 0 Å². The van der Waals surface area contributed by atoms with E-state index in [0.717, 1.165) is 72.6 Å². The van der Waals surface area contributed by atoms with E-state index in [2.05, 4.69) is 21.1 Å². The van der Waals surface area contributed by atoms with Gasteiger partial charge in [-0.25, -0.2) is 10.9 Å². The minimum absolute atomic E-state index is 0.0366. The van der Waals surface area contributed by atoms with E-state index in [9.17, 15) is 9.59 Å². The summed E-state index contributed by atoms with van der Waals surface area (Å²) < 4.78 is 0. The molecule has 0 saturated heterocycles. The van der Waals surface area contributed by atoms with Crippen molar-refractivity contribution in [1.82, 2.24) is 10.9 Å². The van der Waals surface area contributed by atoms with Crippen LogP contribution in [-0.4, -0.2) is 24.2 Å². The lowest BCUT2D eigenvalue weighted by molar-refractivity contribution is -0.126. The van der Waals surface area contributed by atoms with Crippen LogP contribution in [0.1, 0.15) is 64.2 Å². The van der Waals surface area contributed by atoms with Crippen molar-refractivity contribution in [2.45, 2.75) is 64.2 Å². The molecule has 2 amide bonds. The van der Waals surface area contributed by atoms with Crippen LogP contribution in [0.25, 0.3) is 0 Å². The van der Waals surface area contributed by atoms with Gasteiger partial charge in [-0.15, -0.1) is 0 Å². The molecule has 0 aromatic carbocycles. The zero-order chi connectivity index (χ0) is 18.8. The zero-order valence-electron chi connectivity index (χ0n) is 14.7. The molecule has 2 N–H and O–H groups in total. The molecule has 0 aliphatic heterocycles. The van der Waals surface area contributed by atoms with Gasteiger partial charge in [0, 0.05) is 22.9 Å².